The van der Waals surface area contributed by atoms with Crippen molar-refractivity contribution in [1.82, 2.24) is 20.3 Å². The number of rotatable bonds is 6. The van der Waals surface area contributed by atoms with E-state index in [1.807, 2.05) is 18.2 Å². The Labute approximate surface area is 139 Å². The van der Waals surface area contributed by atoms with Gasteiger partial charge in [0.25, 0.3) is 5.56 Å². The van der Waals surface area contributed by atoms with Crippen molar-refractivity contribution in [2.45, 2.75) is 37.8 Å². The van der Waals surface area contributed by atoms with E-state index in [2.05, 4.69) is 20.3 Å². The molecule has 0 spiro atoms. The Hall–Kier alpha value is -2.54. The van der Waals surface area contributed by atoms with Gasteiger partial charge < -0.3 is 15.0 Å². The van der Waals surface area contributed by atoms with Gasteiger partial charge in [-0.15, -0.1) is 0 Å². The molecule has 1 aliphatic carbocycles. The minimum Gasteiger partial charge on any atom is -0.377 e. The van der Waals surface area contributed by atoms with Gasteiger partial charge in [-0.25, -0.2) is 4.98 Å². The van der Waals surface area contributed by atoms with Crippen LogP contribution in [0.2, 0.25) is 0 Å². The van der Waals surface area contributed by atoms with Crippen LogP contribution in [0.4, 0.5) is 0 Å². The molecule has 0 bridgehead atoms. The first kappa shape index (κ1) is 16.3. The lowest BCUT2D eigenvalue weighted by atomic mass is 9.78. The number of amides is 1. The molecule has 126 valence electrons. The molecule has 0 radical (unpaired) electrons. The summed E-state index contributed by atoms with van der Waals surface area (Å²) in [6.45, 7) is 0.278. The summed E-state index contributed by atoms with van der Waals surface area (Å²) in [6, 6.07) is 7.17. The van der Waals surface area contributed by atoms with Crippen molar-refractivity contribution >= 4 is 5.91 Å². The van der Waals surface area contributed by atoms with Crippen molar-refractivity contribution < 1.29 is 9.53 Å². The maximum atomic E-state index is 12.0. The van der Waals surface area contributed by atoms with Gasteiger partial charge in [0.2, 0.25) is 5.91 Å². The Morgan fingerprint density at radius 1 is 1.42 bits per heavy atom. The average Bonchev–Trinajstić information content (AvgIpc) is 2.51. The molecule has 1 saturated carbocycles. The Morgan fingerprint density at radius 3 is 2.96 bits per heavy atom. The van der Waals surface area contributed by atoms with Crippen molar-refractivity contribution in [2.24, 2.45) is 0 Å². The van der Waals surface area contributed by atoms with Gasteiger partial charge in [-0.1, -0.05) is 6.07 Å². The van der Waals surface area contributed by atoms with Crippen LogP contribution < -0.4 is 10.9 Å². The number of carbonyl (C=O) groups excluding carboxylic acids is 1. The van der Waals surface area contributed by atoms with Crippen LogP contribution in [0.15, 0.2) is 35.3 Å². The van der Waals surface area contributed by atoms with Crippen molar-refractivity contribution in [3.05, 3.63) is 58.0 Å². The average molecular weight is 328 g/mol. The van der Waals surface area contributed by atoms with E-state index in [0.717, 1.165) is 24.2 Å². The van der Waals surface area contributed by atoms with Crippen LogP contribution in [-0.4, -0.2) is 34.0 Å². The predicted octanol–water partition coefficient (Wildman–Crippen LogP) is 0.916. The lowest BCUT2D eigenvalue weighted by Gasteiger charge is -2.35. The molecule has 0 saturated heterocycles. The van der Waals surface area contributed by atoms with E-state index in [9.17, 15) is 9.59 Å². The van der Waals surface area contributed by atoms with E-state index in [0.29, 0.717) is 5.82 Å². The number of nitrogens with one attached hydrogen (secondary N) is 2. The zero-order chi connectivity index (χ0) is 16.9. The van der Waals surface area contributed by atoms with Gasteiger partial charge >= 0.3 is 0 Å². The number of nitrogens with zero attached hydrogens (tertiary/aromatic N) is 2. The molecule has 24 heavy (non-hydrogen) atoms. The molecule has 7 heteroatoms. The fraction of sp³-hybridized carbons (Fsp3) is 0.412. The maximum absolute atomic E-state index is 12.0. The molecule has 2 heterocycles. The summed E-state index contributed by atoms with van der Waals surface area (Å²) in [5.74, 6) is 0.696. The lowest BCUT2D eigenvalue weighted by Crippen LogP contribution is -2.44. The van der Waals surface area contributed by atoms with Crippen LogP contribution in [-0.2, 0) is 22.6 Å². The molecular formula is C17H20N4O3. The van der Waals surface area contributed by atoms with Gasteiger partial charge in [0.15, 0.2) is 0 Å². The first-order chi connectivity index (χ1) is 11.6. The Kier molecular flexibility index (Phi) is 5.00. The van der Waals surface area contributed by atoms with Gasteiger partial charge in [0.05, 0.1) is 12.1 Å². The number of H-pyrrole nitrogens is 1. The summed E-state index contributed by atoms with van der Waals surface area (Å²) >= 11 is 0. The number of methoxy groups -OCH3 is 1. The Balaban J connectivity index is 1.52. The third-order valence-corrected chi connectivity index (χ3v) is 4.08. The number of hydrogen-bond donors (Lipinski definition) is 2. The number of carbonyl (C=O) groups is 1. The first-order valence-electron chi connectivity index (χ1n) is 7.92. The summed E-state index contributed by atoms with van der Waals surface area (Å²) < 4.78 is 5.00. The molecular weight excluding hydrogens is 308 g/mol. The van der Waals surface area contributed by atoms with Crippen LogP contribution in [0.25, 0.3) is 0 Å². The van der Waals surface area contributed by atoms with Crippen molar-refractivity contribution in [1.29, 1.82) is 0 Å². The maximum Gasteiger partial charge on any atom is 0.251 e. The molecule has 3 rings (SSSR count). The fourth-order valence-corrected chi connectivity index (χ4v) is 2.87. The zero-order valence-electron chi connectivity index (χ0n) is 13.5. The quantitative estimate of drug-likeness (QED) is 0.822. The van der Waals surface area contributed by atoms with Crippen LogP contribution in [0.3, 0.4) is 0 Å². The Bertz CT molecular complexity index is 754. The van der Waals surface area contributed by atoms with Crippen molar-refractivity contribution in [3.63, 3.8) is 0 Å². The predicted molar refractivity (Wildman–Crippen MR) is 87.4 cm³/mol. The van der Waals surface area contributed by atoms with E-state index in [1.165, 1.54) is 6.07 Å². The highest BCUT2D eigenvalue weighted by atomic mass is 16.5. The van der Waals surface area contributed by atoms with Crippen LogP contribution >= 0.6 is 0 Å². The monoisotopic (exact) mass is 328 g/mol. The minimum atomic E-state index is -0.172. The summed E-state index contributed by atoms with van der Waals surface area (Å²) in [4.78, 5) is 34.9. The second kappa shape index (κ2) is 7.35. The highest BCUT2D eigenvalue weighted by molar-refractivity contribution is 5.78. The molecule has 1 fully saturated rings. The molecule has 0 aromatic carbocycles. The van der Waals surface area contributed by atoms with Crippen LogP contribution in [0, 0.1) is 0 Å². The summed E-state index contributed by atoms with van der Waals surface area (Å²) in [7, 11) is 1.56. The standard InChI is InChI=1S/C17H20N4O3/c1-24-10-15-20-14(9-17(23)21-15)11-6-13(7-11)19-16(22)8-12-4-2-3-5-18-12/h2-5,9,11,13H,6-8,10H2,1H3,(H,19,22)(H,20,21,23). The summed E-state index contributed by atoms with van der Waals surface area (Å²) in [5.41, 5.74) is 1.35. The van der Waals surface area contributed by atoms with Gasteiger partial charge in [0.1, 0.15) is 12.4 Å². The largest absolute Gasteiger partial charge is 0.377 e. The van der Waals surface area contributed by atoms with Crippen LogP contribution in [0.1, 0.15) is 36.0 Å². The Morgan fingerprint density at radius 2 is 2.25 bits per heavy atom. The molecule has 2 aromatic heterocycles. The highest BCUT2D eigenvalue weighted by Gasteiger charge is 2.32. The topological polar surface area (TPSA) is 97.0 Å². The van der Waals surface area contributed by atoms with E-state index in [1.54, 1.807) is 13.3 Å². The molecule has 2 N–H and O–H groups in total. The molecule has 1 aliphatic rings. The minimum absolute atomic E-state index is 0.0314. The van der Waals surface area contributed by atoms with Gasteiger partial charge in [-0.05, 0) is 25.0 Å². The van der Waals surface area contributed by atoms with Gasteiger partial charge in [0, 0.05) is 37.0 Å². The lowest BCUT2D eigenvalue weighted by molar-refractivity contribution is -0.121. The number of aromatic amines is 1. The van der Waals surface area contributed by atoms with Crippen LogP contribution in [0.5, 0.6) is 0 Å². The number of aromatic nitrogens is 3. The van der Waals surface area contributed by atoms with E-state index in [-0.39, 0.29) is 36.5 Å². The zero-order valence-corrected chi connectivity index (χ0v) is 13.5. The van der Waals surface area contributed by atoms with E-state index in [4.69, 9.17) is 4.74 Å². The third-order valence-electron chi connectivity index (χ3n) is 4.08. The first-order valence-corrected chi connectivity index (χ1v) is 7.92. The molecule has 0 atom stereocenters. The number of ether oxygens (including phenoxy) is 1. The SMILES string of the molecule is COCc1nc(C2CC(NC(=O)Cc3ccccn3)C2)cc(=O)[nH]1. The van der Waals surface area contributed by atoms with Crippen molar-refractivity contribution in [3.8, 4) is 0 Å². The smallest absolute Gasteiger partial charge is 0.251 e. The molecule has 0 unspecified atom stereocenters. The third kappa shape index (κ3) is 4.05. The normalized spacial score (nSPS) is 19.5. The van der Waals surface area contributed by atoms with E-state index >= 15 is 0 Å². The molecule has 2 aromatic rings. The summed E-state index contributed by atoms with van der Waals surface area (Å²) in [6.07, 6.45) is 3.54. The van der Waals surface area contributed by atoms with Gasteiger partial charge in [-0.2, -0.15) is 0 Å². The molecule has 7 nitrogen and oxygen atoms in total. The summed E-state index contributed by atoms with van der Waals surface area (Å²) in [5, 5.41) is 3.00. The van der Waals surface area contributed by atoms with E-state index < -0.39 is 0 Å². The second-order valence-electron chi connectivity index (χ2n) is 5.98. The molecule has 1 amide bonds. The second-order valence-corrected chi connectivity index (χ2v) is 5.98. The number of pyridine rings is 1. The molecule has 0 aliphatic heterocycles. The number of hydrogen-bond acceptors (Lipinski definition) is 5. The fourth-order valence-electron chi connectivity index (χ4n) is 2.87. The highest BCUT2D eigenvalue weighted by Crippen LogP contribution is 2.35. The van der Waals surface area contributed by atoms with Gasteiger partial charge in [-0.3, -0.25) is 14.6 Å². The van der Waals surface area contributed by atoms with Crippen molar-refractivity contribution in [2.75, 3.05) is 7.11 Å².